The molecule has 0 saturated carbocycles. The van der Waals surface area contributed by atoms with Crippen LogP contribution in [0.4, 0.5) is 4.79 Å². The van der Waals surface area contributed by atoms with Crippen molar-refractivity contribution in [3.8, 4) is 0 Å². The molecule has 0 aliphatic carbocycles. The van der Waals surface area contributed by atoms with Crippen molar-refractivity contribution in [2.45, 2.75) is 46.1 Å². The second-order valence-electron chi connectivity index (χ2n) is 6.03. The molecule has 0 aliphatic rings. The molecule has 0 radical (unpaired) electrons. The number of carbonyl (C=O) groups is 1. The SMILES string of the molecule is CC(C)OCc1ccc(CNC(=O)N[C@@H](C)c2nncn2C)cc1. The van der Waals surface area contributed by atoms with Gasteiger partial charge in [-0.15, -0.1) is 10.2 Å². The maximum Gasteiger partial charge on any atom is 0.315 e. The van der Waals surface area contributed by atoms with Crippen LogP contribution in [0.2, 0.25) is 0 Å². The summed E-state index contributed by atoms with van der Waals surface area (Å²) in [6.45, 7) is 6.95. The minimum Gasteiger partial charge on any atom is -0.374 e. The number of aryl methyl sites for hydroxylation is 1. The highest BCUT2D eigenvalue weighted by Gasteiger charge is 2.13. The lowest BCUT2D eigenvalue weighted by molar-refractivity contribution is 0.0657. The molecule has 2 aromatic rings. The normalized spacial score (nSPS) is 12.2. The van der Waals surface area contributed by atoms with E-state index < -0.39 is 0 Å². The maximum absolute atomic E-state index is 12.0. The lowest BCUT2D eigenvalue weighted by Crippen LogP contribution is -2.37. The Morgan fingerprint density at radius 1 is 1.21 bits per heavy atom. The van der Waals surface area contributed by atoms with E-state index in [1.54, 1.807) is 10.9 Å². The van der Waals surface area contributed by atoms with Crippen LogP contribution in [0.15, 0.2) is 30.6 Å². The van der Waals surface area contributed by atoms with Crippen molar-refractivity contribution in [1.82, 2.24) is 25.4 Å². The highest BCUT2D eigenvalue weighted by atomic mass is 16.5. The number of amides is 2. The van der Waals surface area contributed by atoms with Gasteiger partial charge in [-0.1, -0.05) is 24.3 Å². The van der Waals surface area contributed by atoms with E-state index in [0.717, 1.165) is 11.1 Å². The predicted molar refractivity (Wildman–Crippen MR) is 91.2 cm³/mol. The fourth-order valence-electron chi connectivity index (χ4n) is 2.19. The third-order valence-corrected chi connectivity index (χ3v) is 3.54. The molecule has 0 bridgehead atoms. The van der Waals surface area contributed by atoms with Crippen molar-refractivity contribution in [2.75, 3.05) is 0 Å². The molecule has 7 heteroatoms. The number of hydrogen-bond donors (Lipinski definition) is 2. The van der Waals surface area contributed by atoms with E-state index in [1.165, 1.54) is 0 Å². The predicted octanol–water partition coefficient (Wildman–Crippen LogP) is 2.30. The zero-order chi connectivity index (χ0) is 17.5. The van der Waals surface area contributed by atoms with Crippen LogP contribution in [-0.2, 0) is 24.9 Å². The average molecular weight is 331 g/mol. The number of urea groups is 1. The number of nitrogens with one attached hydrogen (secondary N) is 2. The van der Waals surface area contributed by atoms with Crippen molar-refractivity contribution < 1.29 is 9.53 Å². The summed E-state index contributed by atoms with van der Waals surface area (Å²) >= 11 is 0. The molecular formula is C17H25N5O2. The van der Waals surface area contributed by atoms with Gasteiger partial charge in [0, 0.05) is 13.6 Å². The van der Waals surface area contributed by atoms with Crippen molar-refractivity contribution in [3.63, 3.8) is 0 Å². The lowest BCUT2D eigenvalue weighted by atomic mass is 10.1. The second kappa shape index (κ2) is 8.44. The zero-order valence-electron chi connectivity index (χ0n) is 14.6. The van der Waals surface area contributed by atoms with Crippen molar-refractivity contribution in [2.24, 2.45) is 7.05 Å². The number of hydrogen-bond acceptors (Lipinski definition) is 4. The van der Waals surface area contributed by atoms with E-state index in [9.17, 15) is 4.79 Å². The van der Waals surface area contributed by atoms with E-state index in [-0.39, 0.29) is 18.2 Å². The molecule has 1 heterocycles. The fourth-order valence-corrected chi connectivity index (χ4v) is 2.19. The third-order valence-electron chi connectivity index (χ3n) is 3.54. The summed E-state index contributed by atoms with van der Waals surface area (Å²) in [5.74, 6) is 0.708. The van der Waals surface area contributed by atoms with E-state index in [0.29, 0.717) is 19.0 Å². The minimum atomic E-state index is -0.238. The molecule has 1 aromatic carbocycles. The number of rotatable bonds is 7. The molecule has 0 unspecified atom stereocenters. The number of ether oxygens (including phenoxy) is 1. The second-order valence-corrected chi connectivity index (χ2v) is 6.03. The number of aromatic nitrogens is 3. The van der Waals surface area contributed by atoms with Crippen LogP contribution in [0.3, 0.4) is 0 Å². The first kappa shape index (κ1) is 17.9. The summed E-state index contributed by atoms with van der Waals surface area (Å²) in [5, 5.41) is 13.5. The van der Waals surface area contributed by atoms with Gasteiger partial charge < -0.3 is 19.9 Å². The van der Waals surface area contributed by atoms with Crippen LogP contribution >= 0.6 is 0 Å². The molecule has 0 aliphatic heterocycles. The molecule has 1 aromatic heterocycles. The maximum atomic E-state index is 12.0. The molecule has 0 saturated heterocycles. The van der Waals surface area contributed by atoms with Crippen LogP contribution < -0.4 is 10.6 Å². The molecule has 1 atom stereocenters. The molecule has 24 heavy (non-hydrogen) atoms. The van der Waals surface area contributed by atoms with Crippen LogP contribution in [0.5, 0.6) is 0 Å². The van der Waals surface area contributed by atoms with E-state index in [1.807, 2.05) is 52.1 Å². The summed E-state index contributed by atoms with van der Waals surface area (Å²) in [6.07, 6.45) is 1.82. The Morgan fingerprint density at radius 2 is 1.88 bits per heavy atom. The Hall–Kier alpha value is -2.41. The minimum absolute atomic E-state index is 0.214. The molecule has 2 rings (SSSR count). The molecule has 2 amide bonds. The van der Waals surface area contributed by atoms with Gasteiger partial charge in [-0.05, 0) is 31.9 Å². The summed E-state index contributed by atoms with van der Waals surface area (Å²) in [6, 6.07) is 7.56. The first-order chi connectivity index (χ1) is 11.5. The largest absolute Gasteiger partial charge is 0.374 e. The smallest absolute Gasteiger partial charge is 0.315 e. The topological polar surface area (TPSA) is 81.1 Å². The van der Waals surface area contributed by atoms with Gasteiger partial charge in [0.15, 0.2) is 5.82 Å². The summed E-state index contributed by atoms with van der Waals surface area (Å²) in [5.41, 5.74) is 2.15. The quantitative estimate of drug-likeness (QED) is 0.816. The number of benzene rings is 1. The summed E-state index contributed by atoms with van der Waals surface area (Å²) in [4.78, 5) is 12.0. The van der Waals surface area contributed by atoms with Gasteiger partial charge in [-0.3, -0.25) is 0 Å². The lowest BCUT2D eigenvalue weighted by Gasteiger charge is -2.14. The van der Waals surface area contributed by atoms with Gasteiger partial charge in [0.1, 0.15) is 6.33 Å². The fraction of sp³-hybridized carbons (Fsp3) is 0.471. The van der Waals surface area contributed by atoms with Gasteiger partial charge in [-0.2, -0.15) is 0 Å². The Kier molecular flexibility index (Phi) is 6.31. The monoisotopic (exact) mass is 331 g/mol. The van der Waals surface area contributed by atoms with Gasteiger partial charge >= 0.3 is 6.03 Å². The number of carbonyl (C=O) groups excluding carboxylic acids is 1. The standard InChI is InChI=1S/C17H25N5O2/c1-12(2)24-10-15-7-5-14(6-8-15)9-18-17(23)20-13(3)16-21-19-11-22(16)4/h5-8,11-13H,9-10H2,1-4H3,(H2,18,20,23)/t13-/m0/s1. The van der Waals surface area contributed by atoms with Crippen LogP contribution in [0.1, 0.15) is 43.8 Å². The van der Waals surface area contributed by atoms with Gasteiger partial charge in [0.25, 0.3) is 0 Å². The molecular weight excluding hydrogens is 306 g/mol. The summed E-state index contributed by atoms with van der Waals surface area (Å²) < 4.78 is 7.34. The molecule has 0 fully saturated rings. The van der Waals surface area contributed by atoms with E-state index >= 15 is 0 Å². The average Bonchev–Trinajstić information content (AvgIpc) is 2.98. The van der Waals surface area contributed by atoms with Crippen molar-refractivity contribution in [1.29, 1.82) is 0 Å². The molecule has 2 N–H and O–H groups in total. The van der Waals surface area contributed by atoms with Gasteiger partial charge in [-0.25, -0.2) is 4.79 Å². The summed E-state index contributed by atoms with van der Waals surface area (Å²) in [7, 11) is 1.84. The Balaban J connectivity index is 1.78. The molecule has 0 spiro atoms. The van der Waals surface area contributed by atoms with Crippen LogP contribution in [0, 0.1) is 0 Å². The van der Waals surface area contributed by atoms with Gasteiger partial charge in [0.05, 0.1) is 18.8 Å². The number of nitrogens with zero attached hydrogens (tertiary/aromatic N) is 3. The first-order valence-electron chi connectivity index (χ1n) is 8.03. The van der Waals surface area contributed by atoms with Crippen molar-refractivity contribution in [3.05, 3.63) is 47.5 Å². The van der Waals surface area contributed by atoms with Crippen LogP contribution in [-0.4, -0.2) is 26.9 Å². The van der Waals surface area contributed by atoms with E-state index in [4.69, 9.17) is 4.74 Å². The highest BCUT2D eigenvalue weighted by Crippen LogP contribution is 2.08. The van der Waals surface area contributed by atoms with Crippen molar-refractivity contribution >= 4 is 6.03 Å². The highest BCUT2D eigenvalue weighted by molar-refractivity contribution is 5.74. The Morgan fingerprint density at radius 3 is 2.46 bits per heavy atom. The van der Waals surface area contributed by atoms with Crippen LogP contribution in [0.25, 0.3) is 0 Å². The molecule has 130 valence electrons. The first-order valence-corrected chi connectivity index (χ1v) is 8.03. The van der Waals surface area contributed by atoms with E-state index in [2.05, 4.69) is 20.8 Å². The third kappa shape index (κ3) is 5.34. The molecule has 7 nitrogen and oxygen atoms in total. The Bertz CT molecular complexity index is 651. The zero-order valence-corrected chi connectivity index (χ0v) is 14.6. The van der Waals surface area contributed by atoms with Gasteiger partial charge in [0.2, 0.25) is 0 Å². The Labute approximate surface area is 142 Å².